The van der Waals surface area contributed by atoms with Gasteiger partial charge in [-0.2, -0.15) is 0 Å². The molecule has 0 atom stereocenters. The summed E-state index contributed by atoms with van der Waals surface area (Å²) in [5.41, 5.74) is 2.53. The van der Waals surface area contributed by atoms with E-state index in [-0.39, 0.29) is 0 Å². The summed E-state index contributed by atoms with van der Waals surface area (Å²) in [7, 11) is 0. The number of fused-ring (bicyclic) bond motifs is 1. The second-order valence-electron chi connectivity index (χ2n) is 3.87. The Labute approximate surface area is 111 Å². The number of hydrogen-bond acceptors (Lipinski definition) is 7. The van der Waals surface area contributed by atoms with E-state index in [2.05, 4.69) is 46.4 Å². The van der Waals surface area contributed by atoms with E-state index < -0.39 is 0 Å². The summed E-state index contributed by atoms with van der Waals surface area (Å²) >= 11 is 3.46. The number of halogens is 1. The zero-order valence-electron chi connectivity index (χ0n) is 9.41. The Morgan fingerprint density at radius 1 is 1.33 bits per heavy atom. The van der Waals surface area contributed by atoms with Crippen LogP contribution in [-0.4, -0.2) is 31.3 Å². The highest BCUT2D eigenvalue weighted by Gasteiger charge is 2.21. The van der Waals surface area contributed by atoms with Gasteiger partial charge in [0.05, 0.1) is 6.54 Å². The minimum absolute atomic E-state index is 0.562. The number of nitrogens with zero attached hydrogens (tertiary/aromatic N) is 6. The smallest absolute Gasteiger partial charge is 0.159 e. The molecule has 0 aliphatic carbocycles. The normalized spacial score (nSPS) is 14.4. The second kappa shape index (κ2) is 4.50. The molecule has 2 aromatic rings. The van der Waals surface area contributed by atoms with Crippen molar-refractivity contribution in [1.82, 2.24) is 24.7 Å². The number of nitrogens with two attached hydrogens (primary N) is 1. The molecule has 0 amide bonds. The fourth-order valence-electron chi connectivity index (χ4n) is 1.93. The maximum absolute atomic E-state index is 5.39. The van der Waals surface area contributed by atoms with E-state index >= 15 is 0 Å². The van der Waals surface area contributed by atoms with Crippen molar-refractivity contribution < 1.29 is 0 Å². The highest BCUT2D eigenvalue weighted by Crippen LogP contribution is 2.30. The lowest BCUT2D eigenvalue weighted by Gasteiger charge is -2.28. The zero-order valence-corrected chi connectivity index (χ0v) is 11.0. The van der Waals surface area contributed by atoms with E-state index in [1.54, 1.807) is 6.33 Å². The van der Waals surface area contributed by atoms with Crippen LogP contribution in [0.4, 0.5) is 11.6 Å². The molecule has 0 saturated carbocycles. The number of hydrazine groups is 1. The van der Waals surface area contributed by atoms with Crippen LogP contribution < -0.4 is 16.2 Å². The molecule has 0 fully saturated rings. The second-order valence-corrected chi connectivity index (χ2v) is 4.66. The minimum atomic E-state index is 0.562. The van der Waals surface area contributed by atoms with Crippen molar-refractivity contribution in [2.75, 3.05) is 16.9 Å². The third-order valence-corrected chi connectivity index (χ3v) is 3.58. The fourth-order valence-corrected chi connectivity index (χ4v) is 2.50. The van der Waals surface area contributed by atoms with Gasteiger partial charge in [-0.25, -0.2) is 15.8 Å². The monoisotopic (exact) mass is 310 g/mol. The first-order valence-corrected chi connectivity index (χ1v) is 6.17. The van der Waals surface area contributed by atoms with Gasteiger partial charge in [0.25, 0.3) is 0 Å². The van der Waals surface area contributed by atoms with Gasteiger partial charge in [-0.3, -0.25) is 0 Å². The van der Waals surface area contributed by atoms with Crippen LogP contribution in [0.3, 0.4) is 0 Å². The number of nitrogens with one attached hydrogen (secondary N) is 1. The summed E-state index contributed by atoms with van der Waals surface area (Å²) < 4.78 is 2.79. The van der Waals surface area contributed by atoms with Crippen LogP contribution in [0.25, 0.3) is 0 Å². The van der Waals surface area contributed by atoms with Crippen molar-refractivity contribution in [3.63, 3.8) is 0 Å². The van der Waals surface area contributed by atoms with Crippen LogP contribution in [0.2, 0.25) is 0 Å². The van der Waals surface area contributed by atoms with Crippen molar-refractivity contribution in [2.45, 2.75) is 13.1 Å². The van der Waals surface area contributed by atoms with Crippen molar-refractivity contribution in [1.29, 1.82) is 0 Å². The number of aromatic nitrogens is 5. The van der Waals surface area contributed by atoms with Gasteiger partial charge < -0.3 is 14.9 Å². The molecule has 1 aliphatic heterocycles. The van der Waals surface area contributed by atoms with Crippen molar-refractivity contribution >= 4 is 27.6 Å². The van der Waals surface area contributed by atoms with E-state index in [0.717, 1.165) is 29.2 Å². The predicted octanol–water partition coefficient (Wildman–Crippen LogP) is 0.136. The van der Waals surface area contributed by atoms with Crippen LogP contribution in [0.5, 0.6) is 0 Å². The van der Waals surface area contributed by atoms with Gasteiger partial charge in [0.1, 0.15) is 22.9 Å². The molecule has 0 bridgehead atoms. The number of hydrogen-bond donors (Lipinski definition) is 2. The Hall–Kier alpha value is -1.74. The molecular formula is C9H11BrN8. The van der Waals surface area contributed by atoms with Gasteiger partial charge in [0.2, 0.25) is 0 Å². The van der Waals surface area contributed by atoms with E-state index in [9.17, 15) is 0 Å². The molecule has 3 heterocycles. The molecule has 0 aromatic carbocycles. The van der Waals surface area contributed by atoms with Crippen LogP contribution in [-0.2, 0) is 13.1 Å². The lowest BCUT2D eigenvalue weighted by atomic mass is 10.3. The Kier molecular flexibility index (Phi) is 2.84. The first-order chi connectivity index (χ1) is 8.79. The maximum Gasteiger partial charge on any atom is 0.159 e. The molecule has 8 nitrogen and oxygen atoms in total. The standard InChI is InChI=1S/C9H11BrN8/c10-7-8(15-11)12-4-13-9(7)17-1-2-18-5-14-16-6(18)3-17/h4-5H,1-3,11H2,(H,12,13,15). The topological polar surface area (TPSA) is 97.8 Å². The Morgan fingerprint density at radius 3 is 3.06 bits per heavy atom. The molecule has 18 heavy (non-hydrogen) atoms. The van der Waals surface area contributed by atoms with Crippen LogP contribution in [0.15, 0.2) is 17.1 Å². The van der Waals surface area contributed by atoms with E-state index in [1.807, 2.05) is 4.57 Å². The lowest BCUT2D eigenvalue weighted by molar-refractivity contribution is 0.555. The van der Waals surface area contributed by atoms with Crippen LogP contribution in [0.1, 0.15) is 5.82 Å². The first kappa shape index (κ1) is 11.4. The minimum Gasteiger partial charge on any atom is -0.346 e. The molecule has 0 saturated heterocycles. The molecule has 3 N–H and O–H groups in total. The first-order valence-electron chi connectivity index (χ1n) is 5.38. The predicted molar refractivity (Wildman–Crippen MR) is 68.6 cm³/mol. The summed E-state index contributed by atoms with van der Waals surface area (Å²) in [5, 5.41) is 7.97. The van der Waals surface area contributed by atoms with Gasteiger partial charge in [0, 0.05) is 13.1 Å². The lowest BCUT2D eigenvalue weighted by Crippen LogP contribution is -2.34. The quantitative estimate of drug-likeness (QED) is 0.601. The molecule has 0 spiro atoms. The van der Waals surface area contributed by atoms with E-state index in [0.29, 0.717) is 12.4 Å². The molecule has 0 radical (unpaired) electrons. The SMILES string of the molecule is NNc1ncnc(N2CCn3cnnc3C2)c1Br. The highest BCUT2D eigenvalue weighted by molar-refractivity contribution is 9.10. The summed E-state index contributed by atoms with van der Waals surface area (Å²) in [6, 6.07) is 0. The number of rotatable bonds is 2. The van der Waals surface area contributed by atoms with Crippen molar-refractivity contribution in [3.8, 4) is 0 Å². The fraction of sp³-hybridized carbons (Fsp3) is 0.333. The average molecular weight is 311 g/mol. The molecular weight excluding hydrogens is 300 g/mol. The Balaban J connectivity index is 1.93. The average Bonchev–Trinajstić information content (AvgIpc) is 2.86. The largest absolute Gasteiger partial charge is 0.346 e. The number of anilines is 2. The highest BCUT2D eigenvalue weighted by atomic mass is 79.9. The zero-order chi connectivity index (χ0) is 12.5. The Morgan fingerprint density at radius 2 is 2.22 bits per heavy atom. The molecule has 0 unspecified atom stereocenters. The molecule has 3 rings (SSSR count). The molecule has 9 heteroatoms. The Bertz CT molecular complexity index is 567. The van der Waals surface area contributed by atoms with Gasteiger partial charge in [-0.1, -0.05) is 0 Å². The van der Waals surface area contributed by atoms with Gasteiger partial charge >= 0.3 is 0 Å². The summed E-state index contributed by atoms with van der Waals surface area (Å²) in [6.07, 6.45) is 3.23. The third-order valence-electron chi connectivity index (χ3n) is 2.85. The number of nitrogen functional groups attached to an aromatic ring is 1. The molecule has 2 aromatic heterocycles. The van der Waals surface area contributed by atoms with Crippen molar-refractivity contribution in [2.24, 2.45) is 5.84 Å². The maximum atomic E-state index is 5.39. The molecule has 94 valence electrons. The summed E-state index contributed by atoms with van der Waals surface area (Å²) in [6.45, 7) is 2.34. The summed E-state index contributed by atoms with van der Waals surface area (Å²) in [4.78, 5) is 10.4. The van der Waals surface area contributed by atoms with E-state index in [1.165, 1.54) is 6.33 Å². The van der Waals surface area contributed by atoms with Crippen LogP contribution in [0, 0.1) is 0 Å². The van der Waals surface area contributed by atoms with Gasteiger partial charge in [0.15, 0.2) is 11.6 Å². The van der Waals surface area contributed by atoms with Crippen LogP contribution >= 0.6 is 15.9 Å². The van der Waals surface area contributed by atoms with Gasteiger partial charge in [-0.05, 0) is 15.9 Å². The van der Waals surface area contributed by atoms with E-state index in [4.69, 9.17) is 5.84 Å². The summed E-state index contributed by atoms with van der Waals surface area (Å²) in [5.74, 6) is 7.68. The van der Waals surface area contributed by atoms with Crippen molar-refractivity contribution in [3.05, 3.63) is 23.0 Å². The van der Waals surface area contributed by atoms with Gasteiger partial charge in [-0.15, -0.1) is 10.2 Å². The third kappa shape index (κ3) is 1.81. The molecule has 1 aliphatic rings.